The lowest BCUT2D eigenvalue weighted by Gasteiger charge is -2.18. The van der Waals surface area contributed by atoms with E-state index in [9.17, 15) is 4.79 Å². The highest BCUT2D eigenvalue weighted by molar-refractivity contribution is 7.15. The summed E-state index contributed by atoms with van der Waals surface area (Å²) in [4.78, 5) is 20.7. The molecule has 1 aliphatic carbocycles. The van der Waals surface area contributed by atoms with Crippen molar-refractivity contribution in [2.75, 3.05) is 17.2 Å². The minimum absolute atomic E-state index is 0.0283. The molecule has 0 saturated heterocycles. The molecule has 0 spiro atoms. The third-order valence-corrected chi connectivity index (χ3v) is 5.49. The normalized spacial score (nSPS) is 15.0. The van der Waals surface area contributed by atoms with Gasteiger partial charge in [-0.3, -0.25) is 4.79 Å². The minimum atomic E-state index is -0.0283. The molecule has 0 unspecified atom stereocenters. The van der Waals surface area contributed by atoms with Crippen molar-refractivity contribution in [3.8, 4) is 0 Å². The number of hydrogen-bond donors (Lipinski definition) is 2. The molecule has 0 radical (unpaired) electrons. The summed E-state index contributed by atoms with van der Waals surface area (Å²) in [5.74, 6) is 1.11. The van der Waals surface area contributed by atoms with E-state index in [1.807, 2.05) is 19.9 Å². The molecule has 2 N–H and O–H groups in total. The van der Waals surface area contributed by atoms with Gasteiger partial charge in [-0.05, 0) is 39.2 Å². The number of carbonyl (C=O) groups excluding carboxylic acids is 1. The molecule has 2 heterocycles. The Morgan fingerprint density at radius 3 is 2.62 bits per heavy atom. The maximum Gasteiger partial charge on any atom is 0.226 e. The fourth-order valence-electron chi connectivity index (χ4n) is 3.24. The van der Waals surface area contributed by atoms with Gasteiger partial charge in [0, 0.05) is 30.3 Å². The van der Waals surface area contributed by atoms with Gasteiger partial charge in [0.2, 0.25) is 17.0 Å². The quantitative estimate of drug-likeness (QED) is 0.716. The highest BCUT2D eigenvalue weighted by atomic mass is 32.1. The molecule has 0 atom stereocenters. The second-order valence-corrected chi connectivity index (χ2v) is 7.84. The van der Waals surface area contributed by atoms with Crippen LogP contribution in [0.3, 0.4) is 0 Å². The first-order valence-electron chi connectivity index (χ1n) is 9.29. The molecule has 1 amide bonds. The summed E-state index contributed by atoms with van der Waals surface area (Å²) in [7, 11) is 0. The van der Waals surface area contributed by atoms with E-state index < -0.39 is 0 Å². The van der Waals surface area contributed by atoms with Crippen molar-refractivity contribution < 1.29 is 4.79 Å². The van der Waals surface area contributed by atoms with E-state index in [1.54, 1.807) is 0 Å². The molecule has 1 saturated carbocycles. The van der Waals surface area contributed by atoms with Crippen molar-refractivity contribution >= 4 is 28.3 Å². The topological polar surface area (TPSA) is 92.7 Å². The molecule has 0 aliphatic heterocycles. The van der Waals surface area contributed by atoms with Crippen LogP contribution in [0, 0.1) is 13.8 Å². The maximum atomic E-state index is 12.1. The predicted octanol–water partition coefficient (Wildman–Crippen LogP) is 3.82. The number of amides is 1. The van der Waals surface area contributed by atoms with Gasteiger partial charge in [-0.25, -0.2) is 9.97 Å². The number of rotatable bonds is 7. The standard InChI is InChI=1S/C18H26N6OS/c1-12-11-13(2)21-17(20-12)19-10-6-9-15(25)22-18-24-23-16(26-18)14-7-4-3-5-8-14/h11,14H,3-10H2,1-2H3,(H,19,20,21)(H,22,24,25). The van der Waals surface area contributed by atoms with Crippen molar-refractivity contribution in [3.63, 3.8) is 0 Å². The van der Waals surface area contributed by atoms with Crippen molar-refractivity contribution in [1.82, 2.24) is 20.2 Å². The van der Waals surface area contributed by atoms with Crippen molar-refractivity contribution in [2.24, 2.45) is 0 Å². The number of nitrogens with zero attached hydrogens (tertiary/aromatic N) is 4. The molecule has 8 heteroatoms. The Labute approximate surface area is 158 Å². The second kappa shape index (κ2) is 9.02. The minimum Gasteiger partial charge on any atom is -0.354 e. The number of anilines is 2. The van der Waals surface area contributed by atoms with E-state index in [0.717, 1.165) is 16.4 Å². The largest absolute Gasteiger partial charge is 0.354 e. The molecular formula is C18H26N6OS. The lowest BCUT2D eigenvalue weighted by Crippen LogP contribution is -2.14. The first-order valence-corrected chi connectivity index (χ1v) is 10.1. The van der Waals surface area contributed by atoms with Crippen LogP contribution in [-0.2, 0) is 4.79 Å². The third-order valence-electron chi connectivity index (χ3n) is 4.49. The molecule has 0 aromatic carbocycles. The zero-order valence-electron chi connectivity index (χ0n) is 15.4. The molecule has 2 aromatic rings. The van der Waals surface area contributed by atoms with Crippen LogP contribution in [-0.4, -0.2) is 32.6 Å². The summed E-state index contributed by atoms with van der Waals surface area (Å²) in [5, 5.41) is 16.1. The molecule has 2 aromatic heterocycles. The number of hydrogen-bond acceptors (Lipinski definition) is 7. The van der Waals surface area contributed by atoms with Gasteiger partial charge in [-0.1, -0.05) is 30.6 Å². The van der Waals surface area contributed by atoms with Crippen LogP contribution in [0.4, 0.5) is 11.1 Å². The van der Waals surface area contributed by atoms with E-state index in [-0.39, 0.29) is 5.91 Å². The van der Waals surface area contributed by atoms with Gasteiger partial charge in [-0.15, -0.1) is 10.2 Å². The van der Waals surface area contributed by atoms with E-state index in [2.05, 4.69) is 30.8 Å². The number of nitrogens with one attached hydrogen (secondary N) is 2. The Morgan fingerprint density at radius 2 is 1.88 bits per heavy atom. The highest BCUT2D eigenvalue weighted by Gasteiger charge is 2.20. The van der Waals surface area contributed by atoms with Gasteiger partial charge >= 0.3 is 0 Å². The van der Waals surface area contributed by atoms with E-state index in [1.165, 1.54) is 43.4 Å². The fraction of sp³-hybridized carbons (Fsp3) is 0.611. The molecule has 1 aliphatic rings. The predicted molar refractivity (Wildman–Crippen MR) is 104 cm³/mol. The van der Waals surface area contributed by atoms with Gasteiger partial charge in [-0.2, -0.15) is 0 Å². The lowest BCUT2D eigenvalue weighted by molar-refractivity contribution is -0.116. The van der Waals surface area contributed by atoms with Crippen molar-refractivity contribution in [3.05, 3.63) is 22.5 Å². The van der Waals surface area contributed by atoms with Crippen LogP contribution in [0.25, 0.3) is 0 Å². The third kappa shape index (κ3) is 5.45. The average molecular weight is 375 g/mol. The first kappa shape index (κ1) is 18.7. The van der Waals surface area contributed by atoms with Gasteiger partial charge < -0.3 is 10.6 Å². The summed E-state index contributed by atoms with van der Waals surface area (Å²) >= 11 is 1.52. The number of aromatic nitrogens is 4. The molecule has 1 fully saturated rings. The Morgan fingerprint density at radius 1 is 1.15 bits per heavy atom. The van der Waals surface area contributed by atoms with Crippen LogP contribution >= 0.6 is 11.3 Å². The SMILES string of the molecule is Cc1cc(C)nc(NCCCC(=O)Nc2nnc(C3CCCCC3)s2)n1. The molecule has 3 rings (SSSR count). The summed E-state index contributed by atoms with van der Waals surface area (Å²) in [5.41, 5.74) is 1.87. The second-order valence-electron chi connectivity index (χ2n) is 6.83. The van der Waals surface area contributed by atoms with Crippen LogP contribution in [0.5, 0.6) is 0 Å². The van der Waals surface area contributed by atoms with Crippen LogP contribution < -0.4 is 10.6 Å². The monoisotopic (exact) mass is 374 g/mol. The van der Waals surface area contributed by atoms with Crippen LogP contribution in [0.15, 0.2) is 6.07 Å². The Hall–Kier alpha value is -2.09. The first-order chi connectivity index (χ1) is 12.6. The fourth-order valence-corrected chi connectivity index (χ4v) is 4.16. The molecule has 26 heavy (non-hydrogen) atoms. The molecule has 0 bridgehead atoms. The Balaban J connectivity index is 1.39. The molecule has 7 nitrogen and oxygen atoms in total. The Bertz CT molecular complexity index is 721. The zero-order valence-corrected chi connectivity index (χ0v) is 16.2. The van der Waals surface area contributed by atoms with Gasteiger partial charge in [0.15, 0.2) is 0 Å². The molecule has 140 valence electrons. The van der Waals surface area contributed by atoms with Gasteiger partial charge in [0.25, 0.3) is 0 Å². The number of carbonyl (C=O) groups is 1. The number of aryl methyl sites for hydroxylation is 2. The van der Waals surface area contributed by atoms with Crippen LogP contribution in [0.1, 0.15) is 67.3 Å². The molecular weight excluding hydrogens is 348 g/mol. The Kier molecular flexibility index (Phi) is 6.49. The summed E-state index contributed by atoms with van der Waals surface area (Å²) in [6.45, 7) is 4.54. The lowest BCUT2D eigenvalue weighted by atomic mass is 9.90. The summed E-state index contributed by atoms with van der Waals surface area (Å²) in [6.07, 6.45) is 7.36. The van der Waals surface area contributed by atoms with E-state index >= 15 is 0 Å². The summed E-state index contributed by atoms with van der Waals surface area (Å²) < 4.78 is 0. The van der Waals surface area contributed by atoms with E-state index in [4.69, 9.17) is 0 Å². The van der Waals surface area contributed by atoms with Crippen LogP contribution in [0.2, 0.25) is 0 Å². The summed E-state index contributed by atoms with van der Waals surface area (Å²) in [6, 6.07) is 1.93. The maximum absolute atomic E-state index is 12.1. The average Bonchev–Trinajstić information content (AvgIpc) is 3.07. The highest BCUT2D eigenvalue weighted by Crippen LogP contribution is 2.35. The van der Waals surface area contributed by atoms with Crippen molar-refractivity contribution in [2.45, 2.75) is 64.7 Å². The smallest absolute Gasteiger partial charge is 0.226 e. The van der Waals surface area contributed by atoms with E-state index in [0.29, 0.717) is 36.4 Å². The van der Waals surface area contributed by atoms with Gasteiger partial charge in [0.1, 0.15) is 5.01 Å². The zero-order chi connectivity index (χ0) is 18.4. The van der Waals surface area contributed by atoms with Crippen molar-refractivity contribution in [1.29, 1.82) is 0 Å². The van der Waals surface area contributed by atoms with Gasteiger partial charge in [0.05, 0.1) is 0 Å².